The summed E-state index contributed by atoms with van der Waals surface area (Å²) >= 11 is 18.8. The topological polar surface area (TPSA) is 105 Å². The Morgan fingerprint density at radius 3 is 2.22 bits per heavy atom. The van der Waals surface area contributed by atoms with Gasteiger partial charge in [0.15, 0.2) is 9.84 Å². The number of sulfone groups is 1. The van der Waals surface area contributed by atoms with E-state index in [4.69, 9.17) is 39.9 Å². The van der Waals surface area contributed by atoms with Crippen LogP contribution in [-0.4, -0.2) is 67.6 Å². The first-order chi connectivity index (χ1) is 17.4. The molecule has 37 heavy (non-hydrogen) atoms. The van der Waals surface area contributed by atoms with Gasteiger partial charge in [0.1, 0.15) is 5.69 Å². The first-order valence-corrected chi connectivity index (χ1v) is 15.6. The van der Waals surface area contributed by atoms with Crippen molar-refractivity contribution >= 4 is 60.4 Å². The van der Waals surface area contributed by atoms with Gasteiger partial charge in [0.05, 0.1) is 39.0 Å². The average Bonchev–Trinajstić information content (AvgIpc) is 3.15. The molecule has 3 heterocycles. The molecule has 0 amide bonds. The van der Waals surface area contributed by atoms with Crippen molar-refractivity contribution < 1.29 is 16.8 Å². The second kappa shape index (κ2) is 9.88. The number of hydrogen-bond acceptors (Lipinski definition) is 7. The molecule has 3 aromatic rings. The highest BCUT2D eigenvalue weighted by Crippen LogP contribution is 2.37. The number of rotatable bonds is 4. The maximum atomic E-state index is 13.1. The summed E-state index contributed by atoms with van der Waals surface area (Å²) in [4.78, 5) is 0. The second-order valence-electron chi connectivity index (χ2n) is 8.77. The Hall–Kier alpha value is -2.12. The van der Waals surface area contributed by atoms with Crippen molar-refractivity contribution in [3.8, 4) is 16.9 Å². The van der Waals surface area contributed by atoms with Gasteiger partial charge in [-0.05, 0) is 30.3 Å². The Morgan fingerprint density at radius 1 is 0.919 bits per heavy atom. The summed E-state index contributed by atoms with van der Waals surface area (Å²) in [5.41, 5.74) is 6.33. The van der Waals surface area contributed by atoms with Crippen molar-refractivity contribution in [2.75, 3.05) is 31.6 Å². The Labute approximate surface area is 230 Å². The van der Waals surface area contributed by atoms with Gasteiger partial charge in [0.2, 0.25) is 10.0 Å². The standard InChI is InChI=1S/C23H22Cl3N5O4S2/c1-29-13-18-22(20(14-37(29,34)35)27-30-8-10-36(32,33)11-9-30)28-31(21-7-6-17(25)12-19(21)26)23(18)15-2-4-16(24)5-3-15/h2-7,12,14,27H,8-11,13H2,1H3. The van der Waals surface area contributed by atoms with Gasteiger partial charge >= 0.3 is 0 Å². The number of nitrogens with zero attached hydrogens (tertiary/aromatic N) is 4. The average molecular weight is 603 g/mol. The van der Waals surface area contributed by atoms with E-state index in [1.807, 2.05) is 12.1 Å². The van der Waals surface area contributed by atoms with E-state index < -0.39 is 19.9 Å². The lowest BCUT2D eigenvalue weighted by Crippen LogP contribution is -2.47. The zero-order valence-corrected chi connectivity index (χ0v) is 23.4. The molecule has 0 spiro atoms. The van der Waals surface area contributed by atoms with Crippen LogP contribution in [0, 0.1) is 0 Å². The minimum Gasteiger partial charge on any atom is -0.316 e. The highest BCUT2D eigenvalue weighted by Gasteiger charge is 2.33. The summed E-state index contributed by atoms with van der Waals surface area (Å²) in [6, 6.07) is 12.2. The molecule has 0 aliphatic carbocycles. The number of sulfonamides is 1. The lowest BCUT2D eigenvalue weighted by atomic mass is 10.0. The molecule has 2 aliphatic rings. The van der Waals surface area contributed by atoms with Gasteiger partial charge in [-0.25, -0.2) is 26.5 Å². The number of benzene rings is 2. The summed E-state index contributed by atoms with van der Waals surface area (Å²) in [5, 5.41) is 9.02. The number of halogens is 3. The SMILES string of the molecule is CN1Cc2c(nn(-c3ccc(Cl)cc3Cl)c2-c2ccc(Cl)cc2)C(NN2CCS(=O)(=O)CC2)=CS1(=O)=O. The van der Waals surface area contributed by atoms with Gasteiger partial charge in [-0.1, -0.05) is 46.9 Å². The molecular formula is C23H22Cl3N5O4S2. The summed E-state index contributed by atoms with van der Waals surface area (Å²) in [6.07, 6.45) is 0. The largest absolute Gasteiger partial charge is 0.316 e. The first kappa shape index (κ1) is 26.5. The lowest BCUT2D eigenvalue weighted by molar-refractivity contribution is 0.248. The molecule has 1 aromatic heterocycles. The number of aromatic nitrogens is 2. The van der Waals surface area contributed by atoms with Crippen molar-refractivity contribution in [3.63, 3.8) is 0 Å². The molecule has 2 aliphatic heterocycles. The minimum absolute atomic E-state index is 0.0301. The monoisotopic (exact) mass is 601 g/mol. The Balaban J connectivity index is 1.71. The molecule has 1 fully saturated rings. The Bertz CT molecular complexity index is 1610. The second-order valence-corrected chi connectivity index (χ2v) is 14.2. The first-order valence-electron chi connectivity index (χ1n) is 11.2. The molecular weight excluding hydrogens is 581 g/mol. The van der Waals surface area contributed by atoms with Gasteiger partial charge in [-0.2, -0.15) is 9.40 Å². The van der Waals surface area contributed by atoms with Gasteiger partial charge in [0, 0.05) is 47.9 Å². The molecule has 0 bridgehead atoms. The third-order valence-electron chi connectivity index (χ3n) is 6.20. The molecule has 14 heteroatoms. The molecule has 1 saturated heterocycles. The summed E-state index contributed by atoms with van der Waals surface area (Å²) < 4.78 is 52.9. The van der Waals surface area contributed by atoms with E-state index in [0.717, 1.165) is 11.0 Å². The summed E-state index contributed by atoms with van der Waals surface area (Å²) in [6.45, 7) is 0.453. The molecule has 5 rings (SSSR count). The van der Waals surface area contributed by atoms with Crippen LogP contribution in [0.15, 0.2) is 47.9 Å². The summed E-state index contributed by atoms with van der Waals surface area (Å²) in [7, 11) is -5.44. The van der Waals surface area contributed by atoms with E-state index in [0.29, 0.717) is 37.7 Å². The smallest absolute Gasteiger partial charge is 0.238 e. The molecule has 0 unspecified atom stereocenters. The van der Waals surface area contributed by atoms with Gasteiger partial charge in [0.25, 0.3) is 0 Å². The maximum absolute atomic E-state index is 13.1. The van der Waals surface area contributed by atoms with Crippen LogP contribution < -0.4 is 5.43 Å². The molecule has 2 aromatic carbocycles. The van der Waals surface area contributed by atoms with E-state index in [1.165, 1.54) is 11.4 Å². The van der Waals surface area contributed by atoms with Crippen LogP contribution in [-0.2, 0) is 26.4 Å². The molecule has 1 N–H and O–H groups in total. The van der Waals surface area contributed by atoms with Crippen molar-refractivity contribution in [2.24, 2.45) is 0 Å². The fourth-order valence-electron chi connectivity index (χ4n) is 4.23. The molecule has 0 radical (unpaired) electrons. The lowest BCUT2D eigenvalue weighted by Gasteiger charge is -2.28. The molecule has 0 saturated carbocycles. The quantitative estimate of drug-likeness (QED) is 0.484. The zero-order valence-electron chi connectivity index (χ0n) is 19.5. The highest BCUT2D eigenvalue weighted by atomic mass is 35.5. The number of hydrazine groups is 1. The van der Waals surface area contributed by atoms with E-state index >= 15 is 0 Å². The molecule has 196 valence electrons. The summed E-state index contributed by atoms with van der Waals surface area (Å²) in [5.74, 6) is -0.0602. The van der Waals surface area contributed by atoms with Crippen LogP contribution in [0.2, 0.25) is 15.1 Å². The number of hydrogen-bond donors (Lipinski definition) is 1. The van der Waals surface area contributed by atoms with Gasteiger partial charge in [-0.15, -0.1) is 0 Å². The predicted octanol–water partition coefficient (Wildman–Crippen LogP) is 3.81. The van der Waals surface area contributed by atoms with Gasteiger partial charge < -0.3 is 5.43 Å². The fraction of sp³-hybridized carbons (Fsp3) is 0.261. The normalized spacial score (nSPS) is 19.6. The van der Waals surface area contributed by atoms with Crippen molar-refractivity contribution in [3.05, 3.63) is 74.2 Å². The van der Waals surface area contributed by atoms with E-state index in [1.54, 1.807) is 40.0 Å². The van der Waals surface area contributed by atoms with E-state index in [-0.39, 0.29) is 36.8 Å². The van der Waals surface area contributed by atoms with E-state index in [2.05, 4.69) is 5.43 Å². The predicted molar refractivity (Wildman–Crippen MR) is 146 cm³/mol. The van der Waals surface area contributed by atoms with Crippen molar-refractivity contribution in [2.45, 2.75) is 6.54 Å². The van der Waals surface area contributed by atoms with Crippen LogP contribution in [0.25, 0.3) is 22.6 Å². The highest BCUT2D eigenvalue weighted by molar-refractivity contribution is 7.92. The zero-order chi connectivity index (χ0) is 26.5. The number of fused-ring (bicyclic) bond motifs is 1. The van der Waals surface area contributed by atoms with E-state index in [9.17, 15) is 16.8 Å². The van der Waals surface area contributed by atoms with Crippen molar-refractivity contribution in [1.29, 1.82) is 0 Å². The van der Waals surface area contributed by atoms with Crippen LogP contribution in [0.1, 0.15) is 11.3 Å². The van der Waals surface area contributed by atoms with Crippen LogP contribution in [0.4, 0.5) is 0 Å². The third kappa shape index (κ3) is 5.40. The fourth-order valence-corrected chi connectivity index (χ4v) is 7.00. The Morgan fingerprint density at radius 2 is 1.57 bits per heavy atom. The maximum Gasteiger partial charge on any atom is 0.238 e. The molecule has 0 atom stereocenters. The molecule has 9 nitrogen and oxygen atoms in total. The third-order valence-corrected chi connectivity index (χ3v) is 10.1. The number of nitrogens with one attached hydrogen (secondary N) is 1. The van der Waals surface area contributed by atoms with Crippen molar-refractivity contribution in [1.82, 2.24) is 24.5 Å². The minimum atomic E-state index is -3.81. The Kier molecular flexibility index (Phi) is 7.07. The van der Waals surface area contributed by atoms with Crippen LogP contribution in [0.3, 0.4) is 0 Å². The van der Waals surface area contributed by atoms with Gasteiger partial charge in [-0.3, -0.25) is 0 Å². The van der Waals surface area contributed by atoms with Crippen LogP contribution >= 0.6 is 34.8 Å². The van der Waals surface area contributed by atoms with Crippen LogP contribution in [0.5, 0.6) is 0 Å².